The number of aryl methyl sites for hydroxylation is 1. The van der Waals surface area contributed by atoms with E-state index in [-0.39, 0.29) is 48.6 Å². The summed E-state index contributed by atoms with van der Waals surface area (Å²) >= 11 is 0. The summed E-state index contributed by atoms with van der Waals surface area (Å²) in [6.45, 7) is 5.90. The van der Waals surface area contributed by atoms with E-state index in [2.05, 4.69) is 53.7 Å². The molecule has 1 aliphatic rings. The van der Waals surface area contributed by atoms with Crippen molar-refractivity contribution in [2.24, 2.45) is 4.99 Å². The van der Waals surface area contributed by atoms with E-state index in [1.807, 2.05) is 0 Å². The van der Waals surface area contributed by atoms with Gasteiger partial charge in [-0.05, 0) is 43.7 Å². The number of carbonyl (C=O) groups excluding carboxylic acids is 1. The number of halogens is 1. The Morgan fingerprint density at radius 2 is 2.00 bits per heavy atom. The lowest BCUT2D eigenvalue weighted by atomic mass is 10.1. The maximum absolute atomic E-state index is 11.9. The van der Waals surface area contributed by atoms with Crippen LogP contribution in [0.2, 0.25) is 0 Å². The van der Waals surface area contributed by atoms with Crippen LogP contribution >= 0.6 is 24.0 Å². The summed E-state index contributed by atoms with van der Waals surface area (Å²) in [5.41, 5.74) is 2.51. The van der Waals surface area contributed by atoms with Crippen molar-refractivity contribution in [3.05, 3.63) is 35.4 Å². The molecule has 28 heavy (non-hydrogen) atoms. The van der Waals surface area contributed by atoms with Gasteiger partial charge in [0.25, 0.3) is 0 Å². The van der Waals surface area contributed by atoms with Gasteiger partial charge in [0, 0.05) is 27.2 Å². The number of benzene rings is 1. The Morgan fingerprint density at radius 1 is 1.29 bits per heavy atom. The molecule has 6 nitrogen and oxygen atoms in total. The molecule has 0 spiro atoms. The smallest absolute Gasteiger partial charge is 0.243 e. The second kappa shape index (κ2) is 13.0. The van der Waals surface area contributed by atoms with Gasteiger partial charge >= 0.3 is 0 Å². The predicted octanol–water partition coefficient (Wildman–Crippen LogP) is 3.12. The van der Waals surface area contributed by atoms with Crippen LogP contribution in [0.3, 0.4) is 0 Å². The van der Waals surface area contributed by atoms with Gasteiger partial charge in [-0.15, -0.1) is 24.0 Å². The van der Waals surface area contributed by atoms with Crippen molar-refractivity contribution in [1.29, 1.82) is 0 Å². The molecule has 0 saturated carbocycles. The second-order valence-corrected chi connectivity index (χ2v) is 7.28. The van der Waals surface area contributed by atoms with E-state index in [0.717, 1.165) is 25.9 Å². The third-order valence-electron chi connectivity index (χ3n) is 4.88. The highest BCUT2D eigenvalue weighted by Gasteiger charge is 2.15. The van der Waals surface area contributed by atoms with Crippen molar-refractivity contribution in [2.75, 3.05) is 33.8 Å². The van der Waals surface area contributed by atoms with Crippen molar-refractivity contribution in [1.82, 2.24) is 15.5 Å². The molecule has 1 amide bonds. The van der Waals surface area contributed by atoms with Gasteiger partial charge < -0.3 is 20.3 Å². The largest absolute Gasteiger partial charge is 0.376 e. The first kappa shape index (κ1) is 24.7. The average Bonchev–Trinajstić information content (AvgIpc) is 2.70. The molecule has 0 aromatic heterocycles. The van der Waals surface area contributed by atoms with Crippen LogP contribution in [0.1, 0.15) is 50.3 Å². The van der Waals surface area contributed by atoms with Crippen LogP contribution in [0, 0.1) is 0 Å². The van der Waals surface area contributed by atoms with Crippen LogP contribution in [0.4, 0.5) is 0 Å². The van der Waals surface area contributed by atoms with E-state index >= 15 is 0 Å². The predicted molar refractivity (Wildman–Crippen MR) is 125 cm³/mol. The summed E-state index contributed by atoms with van der Waals surface area (Å²) in [7, 11) is 3.48. The number of hydrogen-bond donors (Lipinski definition) is 2. The Hall–Kier alpha value is -1.35. The number of ether oxygens (including phenoxy) is 1. The number of rotatable bonds is 7. The number of nitrogens with zero attached hydrogens (tertiary/aromatic N) is 2. The van der Waals surface area contributed by atoms with Gasteiger partial charge in [-0.1, -0.05) is 31.2 Å². The summed E-state index contributed by atoms with van der Waals surface area (Å²) in [6.07, 6.45) is 4.63. The van der Waals surface area contributed by atoms with E-state index in [4.69, 9.17) is 4.74 Å². The molecule has 2 atom stereocenters. The fraction of sp³-hybridized carbons (Fsp3) is 0.619. The molecule has 2 rings (SSSR count). The minimum Gasteiger partial charge on any atom is -0.376 e. The van der Waals surface area contributed by atoms with Crippen LogP contribution in [0.25, 0.3) is 0 Å². The lowest BCUT2D eigenvalue weighted by Gasteiger charge is -2.25. The summed E-state index contributed by atoms with van der Waals surface area (Å²) in [5.74, 6) is 0.622. The maximum atomic E-state index is 11.9. The monoisotopic (exact) mass is 502 g/mol. The van der Waals surface area contributed by atoms with Gasteiger partial charge in [-0.2, -0.15) is 0 Å². The number of likely N-dealkylation sites (N-methyl/N-ethyl adjacent to an activating group) is 1. The molecular weight excluding hydrogens is 467 g/mol. The van der Waals surface area contributed by atoms with Gasteiger partial charge in [-0.25, -0.2) is 4.99 Å². The Bertz CT molecular complexity index is 613. The van der Waals surface area contributed by atoms with E-state index in [1.165, 1.54) is 17.5 Å². The maximum Gasteiger partial charge on any atom is 0.243 e. The highest BCUT2D eigenvalue weighted by atomic mass is 127. The van der Waals surface area contributed by atoms with Crippen LogP contribution in [0.15, 0.2) is 29.3 Å². The molecule has 2 unspecified atom stereocenters. The van der Waals surface area contributed by atoms with Gasteiger partial charge in [0.1, 0.15) is 6.54 Å². The molecule has 1 heterocycles. The zero-order valence-electron chi connectivity index (χ0n) is 17.5. The van der Waals surface area contributed by atoms with E-state index < -0.39 is 0 Å². The van der Waals surface area contributed by atoms with Crippen molar-refractivity contribution >= 4 is 35.8 Å². The Balaban J connectivity index is 0.00000392. The average molecular weight is 502 g/mol. The van der Waals surface area contributed by atoms with Crippen molar-refractivity contribution in [3.63, 3.8) is 0 Å². The molecule has 0 bridgehead atoms. The minimum absolute atomic E-state index is 0. The molecule has 1 saturated heterocycles. The molecule has 2 N–H and O–H groups in total. The van der Waals surface area contributed by atoms with Crippen LogP contribution in [0.5, 0.6) is 0 Å². The van der Waals surface area contributed by atoms with Crippen molar-refractivity contribution in [3.8, 4) is 0 Å². The van der Waals surface area contributed by atoms with Crippen LogP contribution < -0.4 is 10.6 Å². The topological polar surface area (TPSA) is 66.0 Å². The second-order valence-electron chi connectivity index (χ2n) is 7.28. The van der Waals surface area contributed by atoms with Crippen LogP contribution in [-0.4, -0.2) is 56.7 Å². The number of hydrogen-bond acceptors (Lipinski definition) is 3. The molecular formula is C21H35IN4O2. The Labute approximate surface area is 186 Å². The molecule has 1 fully saturated rings. The van der Waals surface area contributed by atoms with Gasteiger partial charge in [0.05, 0.1) is 12.1 Å². The lowest BCUT2D eigenvalue weighted by molar-refractivity contribution is -0.127. The first-order chi connectivity index (χ1) is 13.0. The molecule has 1 aromatic rings. The van der Waals surface area contributed by atoms with E-state index in [1.54, 1.807) is 19.0 Å². The van der Waals surface area contributed by atoms with Crippen molar-refractivity contribution < 1.29 is 9.53 Å². The number of aliphatic imine (C=N–C) groups is 1. The zero-order chi connectivity index (χ0) is 19.6. The van der Waals surface area contributed by atoms with Gasteiger partial charge in [0.15, 0.2) is 5.96 Å². The summed E-state index contributed by atoms with van der Waals surface area (Å²) < 4.78 is 5.79. The number of carbonyl (C=O) groups is 1. The third-order valence-corrected chi connectivity index (χ3v) is 4.88. The summed E-state index contributed by atoms with van der Waals surface area (Å²) in [6, 6.07) is 8.68. The Kier molecular flexibility index (Phi) is 11.4. The first-order valence-corrected chi connectivity index (χ1v) is 9.95. The standard InChI is InChI=1S/C21H34N4O2.HI/c1-5-17-9-11-18(12-10-17)16(2)24-21(23-15-20(26)25(3)4)22-14-19-8-6-7-13-27-19;/h9-12,16,19H,5-8,13-15H2,1-4H3,(H2,22,23,24);1H. The summed E-state index contributed by atoms with van der Waals surface area (Å²) in [4.78, 5) is 17.9. The summed E-state index contributed by atoms with van der Waals surface area (Å²) in [5, 5.41) is 6.77. The van der Waals surface area contributed by atoms with Crippen LogP contribution in [-0.2, 0) is 16.0 Å². The van der Waals surface area contributed by atoms with E-state index in [0.29, 0.717) is 12.5 Å². The quantitative estimate of drug-likeness (QED) is 0.342. The fourth-order valence-corrected chi connectivity index (χ4v) is 2.95. The van der Waals surface area contributed by atoms with E-state index in [9.17, 15) is 4.79 Å². The number of amides is 1. The van der Waals surface area contributed by atoms with Crippen molar-refractivity contribution in [2.45, 2.75) is 51.7 Å². The molecule has 7 heteroatoms. The molecule has 1 aromatic carbocycles. The molecule has 1 aliphatic heterocycles. The zero-order valence-corrected chi connectivity index (χ0v) is 19.9. The fourth-order valence-electron chi connectivity index (χ4n) is 2.95. The number of guanidine groups is 1. The lowest BCUT2D eigenvalue weighted by Crippen LogP contribution is -2.44. The SMILES string of the molecule is CCc1ccc(C(C)NC(=NCC(=O)N(C)C)NCC2CCCCO2)cc1.I. The van der Waals surface area contributed by atoms with Gasteiger partial charge in [0.2, 0.25) is 5.91 Å². The highest BCUT2D eigenvalue weighted by Crippen LogP contribution is 2.14. The highest BCUT2D eigenvalue weighted by molar-refractivity contribution is 14.0. The minimum atomic E-state index is -0.0232. The third kappa shape index (κ3) is 8.34. The number of nitrogens with one attached hydrogen (secondary N) is 2. The normalized spacial score (nSPS) is 18.0. The first-order valence-electron chi connectivity index (χ1n) is 9.95. The molecule has 158 valence electrons. The van der Waals surface area contributed by atoms with Gasteiger partial charge in [-0.3, -0.25) is 4.79 Å². The molecule has 0 radical (unpaired) electrons. The Morgan fingerprint density at radius 3 is 2.57 bits per heavy atom. The molecule has 0 aliphatic carbocycles.